The fraction of sp³-hybridized carbons (Fsp3) is 0.240. The van der Waals surface area contributed by atoms with E-state index in [1.807, 2.05) is 66.4 Å². The number of rotatable bonds is 6. The van der Waals surface area contributed by atoms with Gasteiger partial charge in [-0.25, -0.2) is 17.2 Å². The summed E-state index contributed by atoms with van der Waals surface area (Å²) in [6.07, 6.45) is 0. The second kappa shape index (κ2) is 10.0. The van der Waals surface area contributed by atoms with Crippen LogP contribution in [0.2, 0.25) is 0 Å². The van der Waals surface area contributed by atoms with Gasteiger partial charge in [-0.15, -0.1) is 0 Å². The van der Waals surface area contributed by atoms with E-state index >= 15 is 0 Å². The van der Waals surface area contributed by atoms with E-state index in [0.29, 0.717) is 24.8 Å². The van der Waals surface area contributed by atoms with Gasteiger partial charge in [-0.3, -0.25) is 9.69 Å². The van der Waals surface area contributed by atoms with Crippen molar-refractivity contribution in [1.29, 1.82) is 0 Å². The molecule has 0 bridgehead atoms. The molecule has 3 aromatic carbocycles. The molecule has 178 valence electrons. The molecule has 3 aromatic rings. The zero-order valence-electron chi connectivity index (χ0n) is 18.6. The number of benzene rings is 3. The lowest BCUT2D eigenvalue weighted by Crippen LogP contribution is -2.51. The monoisotopic (exact) mass is 485 g/mol. The molecule has 0 spiro atoms. The maximum atomic E-state index is 13.6. The molecule has 1 saturated heterocycles. The summed E-state index contributed by atoms with van der Waals surface area (Å²) in [7, 11) is -3.99. The van der Waals surface area contributed by atoms with Gasteiger partial charge in [0.05, 0.1) is 4.90 Å². The Bertz CT molecular complexity index is 1260. The lowest BCUT2D eigenvalue weighted by Gasteiger charge is -2.38. The number of piperazine rings is 1. The number of anilines is 1. The maximum absolute atomic E-state index is 13.6. The summed E-state index contributed by atoms with van der Waals surface area (Å²) in [4.78, 5) is 14.9. The van der Waals surface area contributed by atoms with Crippen molar-refractivity contribution >= 4 is 21.6 Å². The molecule has 9 heteroatoms. The molecular formula is C25H25F2N3O3S. The van der Waals surface area contributed by atoms with E-state index in [1.54, 1.807) is 0 Å². The van der Waals surface area contributed by atoms with Crippen molar-refractivity contribution in [3.05, 3.63) is 95.6 Å². The van der Waals surface area contributed by atoms with Gasteiger partial charge in [-0.1, -0.05) is 48.0 Å². The number of amides is 1. The summed E-state index contributed by atoms with van der Waals surface area (Å²) in [5, 5.41) is 2.95. The van der Waals surface area contributed by atoms with Crippen LogP contribution in [0.4, 0.5) is 14.5 Å². The van der Waals surface area contributed by atoms with Crippen LogP contribution < -0.4 is 5.32 Å². The number of halogens is 2. The molecule has 1 fully saturated rings. The first-order valence-corrected chi connectivity index (χ1v) is 12.3. The molecule has 0 aliphatic carbocycles. The van der Waals surface area contributed by atoms with E-state index in [1.165, 1.54) is 4.31 Å². The van der Waals surface area contributed by atoms with Gasteiger partial charge in [0, 0.05) is 31.9 Å². The number of nitrogens with zero attached hydrogens (tertiary/aromatic N) is 2. The number of carbonyl (C=O) groups is 1. The molecule has 1 amide bonds. The van der Waals surface area contributed by atoms with Crippen molar-refractivity contribution in [2.24, 2.45) is 0 Å². The first-order chi connectivity index (χ1) is 16.3. The third-order valence-electron chi connectivity index (χ3n) is 5.85. The fourth-order valence-electron chi connectivity index (χ4n) is 4.00. The summed E-state index contributed by atoms with van der Waals surface area (Å²) < 4.78 is 54.0. The van der Waals surface area contributed by atoms with Crippen molar-refractivity contribution in [3.63, 3.8) is 0 Å². The van der Waals surface area contributed by atoms with E-state index in [-0.39, 0.29) is 23.9 Å². The van der Waals surface area contributed by atoms with Crippen molar-refractivity contribution in [1.82, 2.24) is 9.21 Å². The van der Waals surface area contributed by atoms with Crippen LogP contribution >= 0.6 is 0 Å². The van der Waals surface area contributed by atoms with Gasteiger partial charge in [0.1, 0.15) is 6.04 Å². The Labute approximate surface area is 197 Å². The number of nitrogens with one attached hydrogen (secondary N) is 1. The SMILES string of the molecule is Cc1ccc(NC(=O)[C@@H](c2ccccc2)N2CCN(S(=O)(=O)c3ccc(F)c(F)c3)CC2)cc1. The topological polar surface area (TPSA) is 69.7 Å². The van der Waals surface area contributed by atoms with Gasteiger partial charge >= 0.3 is 0 Å². The zero-order valence-corrected chi connectivity index (χ0v) is 19.4. The summed E-state index contributed by atoms with van der Waals surface area (Å²) in [5.74, 6) is -2.53. The smallest absolute Gasteiger partial charge is 0.246 e. The minimum Gasteiger partial charge on any atom is -0.324 e. The normalized spacial score (nSPS) is 16.2. The van der Waals surface area contributed by atoms with Crippen LogP contribution in [0.25, 0.3) is 0 Å². The molecule has 1 aliphatic heterocycles. The summed E-state index contributed by atoms with van der Waals surface area (Å²) in [6.45, 7) is 2.78. The van der Waals surface area contributed by atoms with E-state index in [9.17, 15) is 22.0 Å². The van der Waals surface area contributed by atoms with Crippen LogP contribution in [0.3, 0.4) is 0 Å². The van der Waals surface area contributed by atoms with Crippen LogP contribution in [0.1, 0.15) is 17.2 Å². The van der Waals surface area contributed by atoms with Crippen LogP contribution in [-0.2, 0) is 14.8 Å². The Kier molecular flexibility index (Phi) is 7.06. The molecule has 6 nitrogen and oxygen atoms in total. The Morgan fingerprint density at radius 2 is 1.53 bits per heavy atom. The molecule has 0 radical (unpaired) electrons. The average molecular weight is 486 g/mol. The molecule has 1 atom stereocenters. The molecule has 0 unspecified atom stereocenters. The largest absolute Gasteiger partial charge is 0.324 e. The second-order valence-corrected chi connectivity index (χ2v) is 10.1. The first kappa shape index (κ1) is 24.0. The Morgan fingerprint density at radius 3 is 2.15 bits per heavy atom. The summed E-state index contributed by atoms with van der Waals surface area (Å²) in [5.41, 5.74) is 2.55. The minimum absolute atomic E-state index is 0.114. The lowest BCUT2D eigenvalue weighted by molar-refractivity contribution is -0.122. The maximum Gasteiger partial charge on any atom is 0.246 e. The van der Waals surface area contributed by atoms with Gasteiger partial charge < -0.3 is 5.32 Å². The third-order valence-corrected chi connectivity index (χ3v) is 7.74. The first-order valence-electron chi connectivity index (χ1n) is 10.9. The summed E-state index contributed by atoms with van der Waals surface area (Å²) in [6, 6.07) is 18.7. The predicted molar refractivity (Wildman–Crippen MR) is 126 cm³/mol. The quantitative estimate of drug-likeness (QED) is 0.574. The standard InChI is InChI=1S/C25H25F2N3O3S/c1-18-7-9-20(10-8-18)28-25(31)24(19-5-3-2-4-6-19)29-13-15-30(16-14-29)34(32,33)21-11-12-22(26)23(27)17-21/h2-12,17,24H,13-16H2,1H3,(H,28,31)/t24-/m1/s1. The highest BCUT2D eigenvalue weighted by Gasteiger charge is 2.34. The Hall–Kier alpha value is -3.14. The highest BCUT2D eigenvalue weighted by Crippen LogP contribution is 2.27. The minimum atomic E-state index is -3.99. The second-order valence-electron chi connectivity index (χ2n) is 8.18. The molecule has 0 saturated carbocycles. The molecule has 34 heavy (non-hydrogen) atoms. The fourth-order valence-corrected chi connectivity index (χ4v) is 5.43. The number of hydrogen-bond acceptors (Lipinski definition) is 4. The molecule has 0 aromatic heterocycles. The highest BCUT2D eigenvalue weighted by molar-refractivity contribution is 7.89. The zero-order chi connectivity index (χ0) is 24.3. The van der Waals surface area contributed by atoms with Crippen LogP contribution in [0.15, 0.2) is 77.7 Å². The van der Waals surface area contributed by atoms with E-state index < -0.39 is 27.7 Å². The average Bonchev–Trinajstić information content (AvgIpc) is 2.83. The molecule has 1 heterocycles. The molecule has 1 N–H and O–H groups in total. The third kappa shape index (κ3) is 5.16. The predicted octanol–water partition coefficient (Wildman–Crippen LogP) is 3.96. The lowest BCUT2D eigenvalue weighted by atomic mass is 10.0. The number of carbonyl (C=O) groups excluding carboxylic acids is 1. The van der Waals surface area contributed by atoms with Crippen molar-refractivity contribution in [2.75, 3.05) is 31.5 Å². The van der Waals surface area contributed by atoms with Crippen molar-refractivity contribution in [2.45, 2.75) is 17.9 Å². The van der Waals surface area contributed by atoms with Crippen LogP contribution in [0.5, 0.6) is 0 Å². The van der Waals surface area contributed by atoms with Gasteiger partial charge in [0.25, 0.3) is 0 Å². The van der Waals surface area contributed by atoms with Gasteiger partial charge in [0.15, 0.2) is 11.6 Å². The van der Waals surface area contributed by atoms with Gasteiger partial charge in [-0.05, 0) is 42.8 Å². The van der Waals surface area contributed by atoms with Crippen molar-refractivity contribution < 1.29 is 22.0 Å². The molecular weight excluding hydrogens is 460 g/mol. The highest BCUT2D eigenvalue weighted by atomic mass is 32.2. The Balaban J connectivity index is 1.52. The van der Waals surface area contributed by atoms with E-state index in [0.717, 1.165) is 23.3 Å². The van der Waals surface area contributed by atoms with Gasteiger partial charge in [-0.2, -0.15) is 4.31 Å². The number of sulfonamides is 1. The van der Waals surface area contributed by atoms with E-state index in [2.05, 4.69) is 5.32 Å². The van der Waals surface area contributed by atoms with Crippen LogP contribution in [0, 0.1) is 18.6 Å². The number of hydrogen-bond donors (Lipinski definition) is 1. The molecule has 1 aliphatic rings. The van der Waals surface area contributed by atoms with E-state index in [4.69, 9.17) is 0 Å². The molecule has 4 rings (SSSR count). The Morgan fingerprint density at radius 1 is 0.882 bits per heavy atom. The van der Waals surface area contributed by atoms with Crippen LogP contribution in [-0.4, -0.2) is 49.7 Å². The van der Waals surface area contributed by atoms with Gasteiger partial charge in [0.2, 0.25) is 15.9 Å². The van der Waals surface area contributed by atoms with Crippen molar-refractivity contribution in [3.8, 4) is 0 Å². The summed E-state index contributed by atoms with van der Waals surface area (Å²) >= 11 is 0. The number of aryl methyl sites for hydroxylation is 1.